The van der Waals surface area contributed by atoms with E-state index in [-0.39, 0.29) is 23.9 Å². The monoisotopic (exact) mass is 576 g/mol. The van der Waals surface area contributed by atoms with Gasteiger partial charge in [0.25, 0.3) is 5.91 Å². The average Bonchev–Trinajstić information content (AvgIpc) is 3.64. The molecular weight excluding hydrogens is 532 g/mol. The summed E-state index contributed by atoms with van der Waals surface area (Å²) < 4.78 is 38.8. The van der Waals surface area contributed by atoms with Crippen molar-refractivity contribution >= 4 is 27.8 Å². The number of hydrogen-bond donors (Lipinski definition) is 2. The molecule has 0 radical (unpaired) electrons. The summed E-state index contributed by atoms with van der Waals surface area (Å²) in [7, 11) is 3.69. The van der Waals surface area contributed by atoms with Gasteiger partial charge in [0.15, 0.2) is 0 Å². The number of benzene rings is 1. The van der Waals surface area contributed by atoms with Crippen molar-refractivity contribution in [1.82, 2.24) is 14.6 Å². The van der Waals surface area contributed by atoms with Crippen molar-refractivity contribution in [1.29, 1.82) is 0 Å². The molecule has 0 aliphatic heterocycles. The summed E-state index contributed by atoms with van der Waals surface area (Å²) in [6, 6.07) is 12.1. The molecule has 2 aromatic rings. The van der Waals surface area contributed by atoms with Gasteiger partial charge in [-0.3, -0.25) is 4.79 Å². The molecular formula is C28H44N6O5S. The first-order chi connectivity index (χ1) is 19.0. The predicted octanol–water partition coefficient (Wildman–Crippen LogP) is 1.75. The summed E-state index contributed by atoms with van der Waals surface area (Å²) in [5, 5.41) is 3.07. The maximum Gasteiger partial charge on any atom is 0.304 e. The number of hydrogen-bond acceptors (Lipinski definition) is 8. The Kier molecular flexibility index (Phi) is 11.3. The smallest absolute Gasteiger partial charge is 0.304 e. The number of nitrogens with zero attached hydrogens (tertiary/aromatic N) is 4. The number of nitrogens with one attached hydrogen (secondary N) is 1. The van der Waals surface area contributed by atoms with Crippen molar-refractivity contribution in [3.8, 4) is 0 Å². The zero-order valence-electron chi connectivity index (χ0n) is 24.4. The number of amides is 1. The third-order valence-electron chi connectivity index (χ3n) is 7.30. The zero-order chi connectivity index (χ0) is 29.4. The normalized spacial score (nSPS) is 18.3. The van der Waals surface area contributed by atoms with Crippen molar-refractivity contribution in [3.63, 3.8) is 0 Å². The highest BCUT2D eigenvalue weighted by Crippen LogP contribution is 2.39. The fourth-order valence-corrected chi connectivity index (χ4v) is 5.31. The van der Waals surface area contributed by atoms with Crippen LogP contribution in [0.25, 0.3) is 0 Å². The van der Waals surface area contributed by atoms with Gasteiger partial charge in [0.2, 0.25) is 0 Å². The van der Waals surface area contributed by atoms with Gasteiger partial charge in [-0.15, -0.1) is 0 Å². The Labute approximate surface area is 238 Å². The molecule has 1 saturated carbocycles. The molecule has 0 saturated heterocycles. The summed E-state index contributed by atoms with van der Waals surface area (Å²) in [4.78, 5) is 20.5. The van der Waals surface area contributed by atoms with E-state index in [1.807, 2.05) is 30.3 Å². The first-order valence-electron chi connectivity index (χ1n) is 13.5. The number of aromatic nitrogens is 1. The lowest BCUT2D eigenvalue weighted by atomic mass is 9.99. The van der Waals surface area contributed by atoms with Gasteiger partial charge in [-0.05, 0) is 42.4 Å². The topological polar surface area (TPSA) is 130 Å². The van der Waals surface area contributed by atoms with Gasteiger partial charge < -0.3 is 25.4 Å². The lowest BCUT2D eigenvalue weighted by Crippen LogP contribution is -2.51. The molecule has 0 spiro atoms. The minimum atomic E-state index is -3.84. The molecule has 1 amide bonds. The van der Waals surface area contributed by atoms with E-state index >= 15 is 0 Å². The van der Waals surface area contributed by atoms with E-state index in [4.69, 9.17) is 20.2 Å². The molecule has 1 heterocycles. The van der Waals surface area contributed by atoms with Crippen molar-refractivity contribution in [2.24, 2.45) is 17.6 Å². The number of pyridine rings is 1. The lowest BCUT2D eigenvalue weighted by molar-refractivity contribution is 0.0913. The van der Waals surface area contributed by atoms with Gasteiger partial charge in [-0.25, -0.2) is 9.29 Å². The molecule has 1 aliphatic carbocycles. The van der Waals surface area contributed by atoms with Crippen LogP contribution in [0.5, 0.6) is 0 Å². The quantitative estimate of drug-likeness (QED) is 0.309. The summed E-state index contributed by atoms with van der Waals surface area (Å²) in [5.74, 6) is 1.39. The molecule has 4 atom stereocenters. The molecule has 1 aromatic heterocycles. The second kappa shape index (κ2) is 14.2. The van der Waals surface area contributed by atoms with Crippen molar-refractivity contribution in [3.05, 3.63) is 53.6 Å². The van der Waals surface area contributed by atoms with Crippen molar-refractivity contribution in [2.45, 2.75) is 31.8 Å². The molecule has 11 nitrogen and oxygen atoms in total. The average molecular weight is 577 g/mol. The van der Waals surface area contributed by atoms with Crippen LogP contribution in [-0.4, -0.2) is 97.4 Å². The van der Waals surface area contributed by atoms with Crippen LogP contribution in [-0.2, 0) is 26.1 Å². The van der Waals surface area contributed by atoms with Crippen LogP contribution in [0.4, 0.5) is 11.6 Å². The molecule has 1 aromatic carbocycles. The number of rotatable bonds is 16. The number of carbonyl (C=O) groups is 1. The van der Waals surface area contributed by atoms with Crippen LogP contribution < -0.4 is 20.3 Å². The summed E-state index contributed by atoms with van der Waals surface area (Å²) in [6.07, 6.45) is 1.63. The molecule has 0 bridgehead atoms. The third-order valence-corrected chi connectivity index (χ3v) is 9.10. The highest BCUT2D eigenvalue weighted by Gasteiger charge is 2.35. The summed E-state index contributed by atoms with van der Waals surface area (Å²) in [5.41, 5.74) is 7.72. The first kappa shape index (κ1) is 31.8. The number of ether oxygens (including phenoxy) is 2. The van der Waals surface area contributed by atoms with Gasteiger partial charge in [0, 0.05) is 60.1 Å². The minimum absolute atomic E-state index is 0.142. The minimum Gasteiger partial charge on any atom is -0.383 e. The summed E-state index contributed by atoms with van der Waals surface area (Å²) in [6.45, 7) is 4.22. The maximum atomic E-state index is 13.7. The molecule has 3 rings (SSSR count). The zero-order valence-corrected chi connectivity index (χ0v) is 25.2. The van der Waals surface area contributed by atoms with Crippen LogP contribution >= 0.6 is 0 Å². The second-order valence-corrected chi connectivity index (χ2v) is 12.8. The molecule has 40 heavy (non-hydrogen) atoms. The Morgan fingerprint density at radius 1 is 1.12 bits per heavy atom. The largest absolute Gasteiger partial charge is 0.383 e. The van der Waals surface area contributed by atoms with Crippen LogP contribution in [0.15, 0.2) is 42.5 Å². The molecule has 1 aliphatic rings. The molecule has 12 heteroatoms. The standard InChI is InChI=1S/C28H44N6O5S/c1-20-14-23(20)18-34(12-13-38-5)27-17-22(16-26(31-27)33(4)40(36,37)32(2)3)28(35)30-25(24(29)19-39-6)15-21-10-8-7-9-11-21/h7-11,16-17,20,23-25H,12-15,18-19,29H2,1-6H3,(H,30,35)/t20?,23?,24-,25-/m0/s1. The van der Waals surface area contributed by atoms with Gasteiger partial charge in [-0.1, -0.05) is 37.3 Å². The van der Waals surface area contributed by atoms with Crippen LogP contribution in [0.1, 0.15) is 29.3 Å². The van der Waals surface area contributed by atoms with E-state index in [0.717, 1.165) is 27.1 Å². The molecule has 222 valence electrons. The van der Waals surface area contributed by atoms with Crippen LogP contribution in [0.2, 0.25) is 0 Å². The number of methoxy groups -OCH3 is 2. The number of anilines is 2. The van der Waals surface area contributed by atoms with Crippen LogP contribution in [0, 0.1) is 11.8 Å². The molecule has 2 unspecified atom stereocenters. The Balaban J connectivity index is 2.00. The Bertz CT molecular complexity index is 1210. The van der Waals surface area contributed by atoms with E-state index in [2.05, 4.69) is 17.1 Å². The van der Waals surface area contributed by atoms with E-state index in [1.54, 1.807) is 20.3 Å². The van der Waals surface area contributed by atoms with Crippen molar-refractivity contribution in [2.75, 3.05) is 70.9 Å². The van der Waals surface area contributed by atoms with E-state index in [0.29, 0.717) is 37.2 Å². The summed E-state index contributed by atoms with van der Waals surface area (Å²) >= 11 is 0. The molecule has 1 fully saturated rings. The molecule has 3 N–H and O–H groups in total. The van der Waals surface area contributed by atoms with E-state index < -0.39 is 22.3 Å². The van der Waals surface area contributed by atoms with E-state index in [9.17, 15) is 13.2 Å². The lowest BCUT2D eigenvalue weighted by Gasteiger charge is -2.28. The van der Waals surface area contributed by atoms with Gasteiger partial charge >= 0.3 is 10.2 Å². The Hall–Kier alpha value is -2.77. The fraction of sp³-hybridized carbons (Fsp3) is 0.571. The van der Waals surface area contributed by atoms with Gasteiger partial charge in [0.1, 0.15) is 11.6 Å². The predicted molar refractivity (Wildman–Crippen MR) is 158 cm³/mol. The highest BCUT2D eigenvalue weighted by molar-refractivity contribution is 7.90. The first-order valence-corrected chi connectivity index (χ1v) is 14.9. The second-order valence-electron chi connectivity index (χ2n) is 10.6. The van der Waals surface area contributed by atoms with Crippen molar-refractivity contribution < 1.29 is 22.7 Å². The van der Waals surface area contributed by atoms with E-state index in [1.165, 1.54) is 27.2 Å². The SMILES string of the molecule is COCCN(CC1CC1C)c1cc(C(=O)N[C@@H](Cc2ccccc2)[C@@H](N)COC)cc(N(C)S(=O)(=O)N(C)C)n1. The Morgan fingerprint density at radius 2 is 1.77 bits per heavy atom. The highest BCUT2D eigenvalue weighted by atomic mass is 32.2. The third kappa shape index (κ3) is 8.37. The van der Waals surface area contributed by atoms with Crippen LogP contribution in [0.3, 0.4) is 0 Å². The van der Waals surface area contributed by atoms with Gasteiger partial charge in [-0.2, -0.15) is 12.7 Å². The van der Waals surface area contributed by atoms with Gasteiger partial charge in [0.05, 0.1) is 19.3 Å². The Morgan fingerprint density at radius 3 is 2.35 bits per heavy atom. The number of carbonyl (C=O) groups excluding carboxylic acids is 1. The fourth-order valence-electron chi connectivity index (χ4n) is 4.49. The maximum absolute atomic E-state index is 13.7. The number of nitrogens with two attached hydrogens (primary N) is 1.